The average Bonchev–Trinajstić information content (AvgIpc) is 2.54. The second kappa shape index (κ2) is 6.58. The van der Waals surface area contributed by atoms with Crippen LogP contribution in [-0.4, -0.2) is 16.1 Å². The number of nitrogens with zero attached hydrogens (tertiary/aromatic N) is 1. The third kappa shape index (κ3) is 3.30. The normalized spacial score (nSPS) is 10.6. The van der Waals surface area contributed by atoms with Gasteiger partial charge in [0.15, 0.2) is 0 Å². The van der Waals surface area contributed by atoms with E-state index in [1.54, 1.807) is 24.3 Å². The van der Waals surface area contributed by atoms with Crippen molar-refractivity contribution in [3.63, 3.8) is 0 Å². The first kappa shape index (κ1) is 15.8. The van der Waals surface area contributed by atoms with Crippen LogP contribution < -0.4 is 0 Å². The van der Waals surface area contributed by atoms with Crippen LogP contribution in [-0.2, 0) is 11.2 Å². The molecule has 0 radical (unpaired) electrons. The van der Waals surface area contributed by atoms with Crippen LogP contribution in [0.4, 0.5) is 8.78 Å². The first-order valence-corrected chi connectivity index (χ1v) is 7.26. The van der Waals surface area contributed by atoms with Gasteiger partial charge in [-0.25, -0.2) is 8.78 Å². The fourth-order valence-electron chi connectivity index (χ4n) is 2.63. The highest BCUT2D eigenvalue weighted by molar-refractivity contribution is 5.85. The maximum absolute atomic E-state index is 13.6. The van der Waals surface area contributed by atoms with Crippen molar-refractivity contribution in [2.24, 2.45) is 0 Å². The molecule has 0 saturated carbocycles. The lowest BCUT2D eigenvalue weighted by Crippen LogP contribution is -2.04. The zero-order valence-corrected chi connectivity index (χ0v) is 12.5. The zero-order valence-electron chi connectivity index (χ0n) is 12.5. The lowest BCUT2D eigenvalue weighted by molar-refractivity contribution is -0.136. The minimum Gasteiger partial charge on any atom is -0.481 e. The first-order valence-electron chi connectivity index (χ1n) is 7.26. The van der Waals surface area contributed by atoms with Gasteiger partial charge in [0, 0.05) is 17.3 Å². The minimum atomic E-state index is -1.01. The summed E-state index contributed by atoms with van der Waals surface area (Å²) in [5.41, 5.74) is 2.39. The minimum absolute atomic E-state index is 0.239. The van der Waals surface area contributed by atoms with E-state index in [9.17, 15) is 13.6 Å². The number of aliphatic carboxylic acids is 1. The largest absolute Gasteiger partial charge is 0.481 e. The lowest BCUT2D eigenvalue weighted by Gasteiger charge is -2.14. The third-order valence-electron chi connectivity index (χ3n) is 3.59. The molecule has 0 atom stereocenters. The summed E-state index contributed by atoms with van der Waals surface area (Å²) in [6, 6.07) is 13.3. The molecule has 1 heterocycles. The summed E-state index contributed by atoms with van der Waals surface area (Å²) < 4.78 is 27.2. The van der Waals surface area contributed by atoms with Gasteiger partial charge in [-0.3, -0.25) is 9.78 Å². The topological polar surface area (TPSA) is 50.2 Å². The van der Waals surface area contributed by atoms with Gasteiger partial charge in [-0.05, 0) is 41.5 Å². The van der Waals surface area contributed by atoms with Crippen molar-refractivity contribution in [3.8, 4) is 22.4 Å². The Morgan fingerprint density at radius 1 is 0.958 bits per heavy atom. The smallest absolute Gasteiger partial charge is 0.307 e. The predicted octanol–water partition coefficient (Wildman–Crippen LogP) is 4.32. The van der Waals surface area contributed by atoms with Gasteiger partial charge in [0.05, 0.1) is 12.1 Å². The molecule has 0 spiro atoms. The number of halogens is 2. The molecule has 0 amide bonds. The molecule has 3 rings (SSSR count). The molecule has 0 aliphatic heterocycles. The van der Waals surface area contributed by atoms with Crippen molar-refractivity contribution in [1.82, 2.24) is 4.98 Å². The third-order valence-corrected chi connectivity index (χ3v) is 3.59. The van der Waals surface area contributed by atoms with Crippen molar-refractivity contribution in [3.05, 3.63) is 78.0 Å². The van der Waals surface area contributed by atoms with Gasteiger partial charge in [-0.1, -0.05) is 24.3 Å². The van der Waals surface area contributed by atoms with Gasteiger partial charge in [0.2, 0.25) is 0 Å². The Hall–Kier alpha value is -3.08. The molecule has 0 unspecified atom stereocenters. The quantitative estimate of drug-likeness (QED) is 0.777. The number of carbonyl (C=O) groups is 1. The SMILES string of the molecule is O=C(O)Cc1ccnc(-c2cccc(F)c2)c1-c1cccc(F)c1. The molecule has 24 heavy (non-hydrogen) atoms. The monoisotopic (exact) mass is 325 g/mol. The van der Waals surface area contributed by atoms with Gasteiger partial charge in [0.1, 0.15) is 11.6 Å². The van der Waals surface area contributed by atoms with E-state index in [0.29, 0.717) is 27.9 Å². The number of pyridine rings is 1. The number of benzene rings is 2. The van der Waals surface area contributed by atoms with Crippen molar-refractivity contribution >= 4 is 5.97 Å². The van der Waals surface area contributed by atoms with Crippen molar-refractivity contribution < 1.29 is 18.7 Å². The van der Waals surface area contributed by atoms with Crippen LogP contribution in [0.15, 0.2) is 60.8 Å². The molecule has 1 N–H and O–H groups in total. The number of carboxylic acid groups (broad SMARTS) is 1. The maximum atomic E-state index is 13.6. The summed E-state index contributed by atoms with van der Waals surface area (Å²) in [5.74, 6) is -1.88. The number of hydrogen-bond donors (Lipinski definition) is 1. The Kier molecular flexibility index (Phi) is 4.33. The van der Waals surface area contributed by atoms with Gasteiger partial charge in [0.25, 0.3) is 0 Å². The molecular weight excluding hydrogens is 312 g/mol. The van der Waals surface area contributed by atoms with Gasteiger partial charge < -0.3 is 5.11 Å². The fourth-order valence-corrected chi connectivity index (χ4v) is 2.63. The van der Waals surface area contributed by atoms with Crippen molar-refractivity contribution in [1.29, 1.82) is 0 Å². The van der Waals surface area contributed by atoms with Crippen LogP contribution in [0.3, 0.4) is 0 Å². The molecular formula is C19H13F2NO2. The van der Waals surface area contributed by atoms with Crippen LogP contribution in [0, 0.1) is 11.6 Å². The summed E-state index contributed by atoms with van der Waals surface area (Å²) in [6.45, 7) is 0. The van der Waals surface area contributed by atoms with E-state index >= 15 is 0 Å². The van der Waals surface area contributed by atoms with E-state index < -0.39 is 17.6 Å². The summed E-state index contributed by atoms with van der Waals surface area (Å²) >= 11 is 0. The predicted molar refractivity (Wildman–Crippen MR) is 86.4 cm³/mol. The highest BCUT2D eigenvalue weighted by Crippen LogP contribution is 2.34. The number of hydrogen-bond acceptors (Lipinski definition) is 2. The van der Waals surface area contributed by atoms with E-state index in [4.69, 9.17) is 5.11 Å². The van der Waals surface area contributed by atoms with Crippen molar-refractivity contribution in [2.75, 3.05) is 0 Å². The maximum Gasteiger partial charge on any atom is 0.307 e. The molecule has 1 aromatic heterocycles. The molecule has 3 aromatic rings. The summed E-state index contributed by atoms with van der Waals surface area (Å²) in [5, 5.41) is 9.14. The Bertz CT molecular complexity index is 909. The fraction of sp³-hybridized carbons (Fsp3) is 0.0526. The van der Waals surface area contributed by atoms with Gasteiger partial charge in [-0.2, -0.15) is 0 Å². The van der Waals surface area contributed by atoms with E-state index in [1.807, 2.05) is 0 Å². The van der Waals surface area contributed by atoms with Crippen molar-refractivity contribution in [2.45, 2.75) is 6.42 Å². The van der Waals surface area contributed by atoms with Gasteiger partial charge >= 0.3 is 5.97 Å². The second-order valence-electron chi connectivity index (χ2n) is 5.28. The summed E-state index contributed by atoms with van der Waals surface area (Å²) in [4.78, 5) is 15.4. The lowest BCUT2D eigenvalue weighted by atomic mass is 9.93. The Morgan fingerprint density at radius 2 is 1.58 bits per heavy atom. The summed E-state index contributed by atoms with van der Waals surface area (Å²) in [7, 11) is 0. The highest BCUT2D eigenvalue weighted by Gasteiger charge is 2.16. The highest BCUT2D eigenvalue weighted by atomic mass is 19.1. The van der Waals surface area contributed by atoms with Crippen LogP contribution in [0.1, 0.15) is 5.56 Å². The Balaban J connectivity index is 2.27. The van der Waals surface area contributed by atoms with Crippen LogP contribution in [0.5, 0.6) is 0 Å². The van der Waals surface area contributed by atoms with E-state index in [1.165, 1.54) is 36.5 Å². The van der Waals surface area contributed by atoms with Crippen LogP contribution in [0.2, 0.25) is 0 Å². The molecule has 5 heteroatoms. The van der Waals surface area contributed by atoms with E-state index in [-0.39, 0.29) is 6.42 Å². The molecule has 0 bridgehead atoms. The second-order valence-corrected chi connectivity index (χ2v) is 5.28. The molecule has 0 aliphatic carbocycles. The molecule has 2 aromatic carbocycles. The summed E-state index contributed by atoms with van der Waals surface area (Å²) in [6.07, 6.45) is 1.23. The van der Waals surface area contributed by atoms with Crippen LogP contribution in [0.25, 0.3) is 22.4 Å². The molecule has 120 valence electrons. The van der Waals surface area contributed by atoms with Gasteiger partial charge in [-0.15, -0.1) is 0 Å². The standard InChI is InChI=1S/C19H13F2NO2/c20-15-5-1-3-12(9-15)18-13(11-17(23)24)7-8-22-19(18)14-4-2-6-16(21)10-14/h1-10H,11H2,(H,23,24). The van der Waals surface area contributed by atoms with E-state index in [2.05, 4.69) is 4.98 Å². The number of rotatable bonds is 4. The molecule has 0 fully saturated rings. The molecule has 3 nitrogen and oxygen atoms in total. The molecule has 0 aliphatic rings. The van der Waals surface area contributed by atoms with Crippen LogP contribution >= 0.6 is 0 Å². The Labute approximate surface area is 137 Å². The number of aromatic nitrogens is 1. The Morgan fingerprint density at radius 3 is 2.21 bits per heavy atom. The first-order chi connectivity index (χ1) is 11.5. The average molecular weight is 325 g/mol. The van der Waals surface area contributed by atoms with E-state index in [0.717, 1.165) is 0 Å². The zero-order chi connectivity index (χ0) is 17.1. The molecule has 0 saturated heterocycles. The number of carboxylic acids is 1.